The quantitative estimate of drug-likeness (QED) is 0.720. The van der Waals surface area contributed by atoms with E-state index in [0.717, 1.165) is 11.1 Å². The summed E-state index contributed by atoms with van der Waals surface area (Å²) in [4.78, 5) is 25.4. The van der Waals surface area contributed by atoms with Gasteiger partial charge in [0.05, 0.1) is 5.69 Å². The average Bonchev–Trinajstić information content (AvgIpc) is 3.07. The van der Waals surface area contributed by atoms with Gasteiger partial charge in [0.1, 0.15) is 0 Å². The molecule has 2 N–H and O–H groups in total. The summed E-state index contributed by atoms with van der Waals surface area (Å²) in [5, 5.41) is 9.94. The lowest BCUT2D eigenvalue weighted by Gasteiger charge is -2.09. The van der Waals surface area contributed by atoms with E-state index in [-0.39, 0.29) is 17.5 Å². The number of carbonyl (C=O) groups is 2. The summed E-state index contributed by atoms with van der Waals surface area (Å²) in [5.74, 6) is -0.634. The Morgan fingerprint density at radius 1 is 1.00 bits per heavy atom. The fraction of sp³-hybridized carbons (Fsp3) is 0.190. The molecule has 2 amide bonds. The number of aryl methyl sites for hydroxylation is 3. The van der Waals surface area contributed by atoms with Crippen molar-refractivity contribution in [3.8, 4) is 0 Å². The van der Waals surface area contributed by atoms with E-state index in [1.54, 1.807) is 23.0 Å². The molecular formula is C21H22N4O2. The summed E-state index contributed by atoms with van der Waals surface area (Å²) in [6, 6.07) is 14.8. The lowest BCUT2D eigenvalue weighted by atomic mass is 10.1. The van der Waals surface area contributed by atoms with Crippen molar-refractivity contribution < 1.29 is 9.59 Å². The van der Waals surface area contributed by atoms with Crippen LogP contribution in [0.15, 0.2) is 54.7 Å². The lowest BCUT2D eigenvalue weighted by Crippen LogP contribution is -2.18. The number of rotatable bonds is 5. The molecule has 0 saturated carbocycles. The first-order chi connectivity index (χ1) is 13.0. The Balaban J connectivity index is 1.87. The molecule has 1 aromatic heterocycles. The lowest BCUT2D eigenvalue weighted by molar-refractivity contribution is 0.102. The first-order valence-corrected chi connectivity index (χ1v) is 8.80. The van der Waals surface area contributed by atoms with Gasteiger partial charge in [-0.15, -0.1) is 0 Å². The van der Waals surface area contributed by atoms with Crippen LogP contribution in [0.3, 0.4) is 0 Å². The minimum Gasteiger partial charge on any atom is -0.321 e. The number of hydrogen-bond donors (Lipinski definition) is 2. The number of amides is 2. The van der Waals surface area contributed by atoms with Crippen LogP contribution in [0.1, 0.15) is 38.9 Å². The van der Waals surface area contributed by atoms with Crippen molar-refractivity contribution in [2.75, 3.05) is 10.6 Å². The number of carbonyl (C=O) groups excluding carboxylic acids is 2. The van der Waals surface area contributed by atoms with Crippen LogP contribution in [0.2, 0.25) is 0 Å². The van der Waals surface area contributed by atoms with E-state index in [1.807, 2.05) is 57.2 Å². The Hall–Kier alpha value is -3.41. The Labute approximate surface area is 158 Å². The molecule has 0 spiro atoms. The predicted octanol–water partition coefficient (Wildman–Crippen LogP) is 4.02. The Morgan fingerprint density at radius 3 is 2.44 bits per heavy atom. The van der Waals surface area contributed by atoms with Crippen LogP contribution in [-0.2, 0) is 6.54 Å². The topological polar surface area (TPSA) is 76.0 Å². The third kappa shape index (κ3) is 4.23. The van der Waals surface area contributed by atoms with Crippen LogP contribution in [0.4, 0.5) is 11.4 Å². The fourth-order valence-corrected chi connectivity index (χ4v) is 2.72. The second kappa shape index (κ2) is 7.86. The summed E-state index contributed by atoms with van der Waals surface area (Å²) in [5.41, 5.74) is 3.68. The molecule has 27 heavy (non-hydrogen) atoms. The minimum atomic E-state index is -0.371. The van der Waals surface area contributed by atoms with Gasteiger partial charge in [-0.3, -0.25) is 14.3 Å². The molecule has 0 bridgehead atoms. The predicted molar refractivity (Wildman–Crippen MR) is 106 cm³/mol. The van der Waals surface area contributed by atoms with Gasteiger partial charge in [0, 0.05) is 24.0 Å². The van der Waals surface area contributed by atoms with Gasteiger partial charge in [-0.05, 0) is 44.5 Å². The standard InChI is InChI=1S/C21H22N4O2/c1-4-25-13-18(23-20(26)17-12-14(2)10-11-15(17)3)19(24-25)21(27)22-16-8-6-5-7-9-16/h5-13H,4H2,1-3H3,(H,22,27)(H,23,26). The Kier molecular flexibility index (Phi) is 5.35. The number of nitrogens with zero attached hydrogens (tertiary/aromatic N) is 2. The molecule has 0 aliphatic heterocycles. The third-order valence-electron chi connectivity index (χ3n) is 4.22. The van der Waals surface area contributed by atoms with Crippen molar-refractivity contribution in [1.29, 1.82) is 0 Å². The second-order valence-corrected chi connectivity index (χ2v) is 6.34. The van der Waals surface area contributed by atoms with Gasteiger partial charge in [-0.2, -0.15) is 5.10 Å². The number of para-hydroxylation sites is 1. The van der Waals surface area contributed by atoms with Gasteiger partial charge in [-0.25, -0.2) is 0 Å². The van der Waals surface area contributed by atoms with Crippen molar-refractivity contribution in [3.05, 3.63) is 77.1 Å². The monoisotopic (exact) mass is 362 g/mol. The van der Waals surface area contributed by atoms with Gasteiger partial charge < -0.3 is 10.6 Å². The van der Waals surface area contributed by atoms with Crippen LogP contribution < -0.4 is 10.6 Å². The smallest absolute Gasteiger partial charge is 0.278 e. The number of aromatic nitrogens is 2. The van der Waals surface area contributed by atoms with E-state index < -0.39 is 0 Å². The summed E-state index contributed by atoms with van der Waals surface area (Å²) in [6.45, 7) is 6.32. The third-order valence-corrected chi connectivity index (χ3v) is 4.22. The van der Waals surface area contributed by atoms with Crippen molar-refractivity contribution in [2.24, 2.45) is 0 Å². The second-order valence-electron chi connectivity index (χ2n) is 6.34. The minimum absolute atomic E-state index is 0.180. The normalized spacial score (nSPS) is 10.5. The van der Waals surface area contributed by atoms with E-state index in [2.05, 4.69) is 15.7 Å². The number of anilines is 2. The van der Waals surface area contributed by atoms with Crippen LogP contribution in [0, 0.1) is 13.8 Å². The molecule has 0 aliphatic carbocycles. The molecule has 1 heterocycles. The highest BCUT2D eigenvalue weighted by Crippen LogP contribution is 2.19. The highest BCUT2D eigenvalue weighted by Gasteiger charge is 2.20. The van der Waals surface area contributed by atoms with Crippen molar-refractivity contribution in [2.45, 2.75) is 27.3 Å². The van der Waals surface area contributed by atoms with E-state index in [1.165, 1.54) is 0 Å². The van der Waals surface area contributed by atoms with Crippen LogP contribution in [-0.4, -0.2) is 21.6 Å². The molecule has 0 fully saturated rings. The van der Waals surface area contributed by atoms with Gasteiger partial charge in [0.15, 0.2) is 5.69 Å². The van der Waals surface area contributed by atoms with Crippen LogP contribution in [0.25, 0.3) is 0 Å². The molecule has 0 aliphatic rings. The van der Waals surface area contributed by atoms with Crippen molar-refractivity contribution in [3.63, 3.8) is 0 Å². The van der Waals surface area contributed by atoms with Crippen LogP contribution in [0.5, 0.6) is 0 Å². The largest absolute Gasteiger partial charge is 0.321 e. The molecular weight excluding hydrogens is 340 g/mol. The molecule has 6 nitrogen and oxygen atoms in total. The first kappa shape index (κ1) is 18.4. The molecule has 3 aromatic rings. The molecule has 3 rings (SSSR count). The van der Waals surface area contributed by atoms with Gasteiger partial charge in [0.25, 0.3) is 11.8 Å². The zero-order valence-electron chi connectivity index (χ0n) is 15.6. The van der Waals surface area contributed by atoms with Gasteiger partial charge in [-0.1, -0.05) is 35.9 Å². The van der Waals surface area contributed by atoms with Gasteiger partial charge >= 0.3 is 0 Å². The van der Waals surface area contributed by atoms with Crippen molar-refractivity contribution >= 4 is 23.2 Å². The molecule has 0 atom stereocenters. The summed E-state index contributed by atoms with van der Waals surface area (Å²) < 4.78 is 1.62. The molecule has 6 heteroatoms. The summed E-state index contributed by atoms with van der Waals surface area (Å²) in [6.07, 6.45) is 1.67. The SMILES string of the molecule is CCn1cc(NC(=O)c2cc(C)ccc2C)c(C(=O)Nc2ccccc2)n1. The van der Waals surface area contributed by atoms with Gasteiger partial charge in [0.2, 0.25) is 0 Å². The number of nitrogens with one attached hydrogen (secondary N) is 2. The molecule has 2 aromatic carbocycles. The number of benzene rings is 2. The highest BCUT2D eigenvalue weighted by molar-refractivity contribution is 6.11. The molecule has 0 unspecified atom stereocenters. The number of hydrogen-bond acceptors (Lipinski definition) is 3. The maximum atomic E-state index is 12.7. The fourth-order valence-electron chi connectivity index (χ4n) is 2.72. The molecule has 0 radical (unpaired) electrons. The maximum Gasteiger partial charge on any atom is 0.278 e. The Morgan fingerprint density at radius 2 is 1.74 bits per heavy atom. The zero-order chi connectivity index (χ0) is 19.4. The van der Waals surface area contributed by atoms with Crippen LogP contribution >= 0.6 is 0 Å². The zero-order valence-corrected chi connectivity index (χ0v) is 15.6. The van der Waals surface area contributed by atoms with E-state index in [0.29, 0.717) is 23.5 Å². The van der Waals surface area contributed by atoms with Crippen molar-refractivity contribution in [1.82, 2.24) is 9.78 Å². The highest BCUT2D eigenvalue weighted by atomic mass is 16.2. The Bertz CT molecular complexity index is 977. The summed E-state index contributed by atoms with van der Waals surface area (Å²) >= 11 is 0. The van der Waals surface area contributed by atoms with E-state index in [9.17, 15) is 9.59 Å². The average molecular weight is 362 g/mol. The van der Waals surface area contributed by atoms with E-state index in [4.69, 9.17) is 0 Å². The molecule has 0 saturated heterocycles. The first-order valence-electron chi connectivity index (χ1n) is 8.80. The van der Waals surface area contributed by atoms with E-state index >= 15 is 0 Å². The molecule has 138 valence electrons. The summed E-state index contributed by atoms with van der Waals surface area (Å²) in [7, 11) is 0. The maximum absolute atomic E-state index is 12.7.